The van der Waals surface area contributed by atoms with Crippen molar-refractivity contribution in [3.8, 4) is 5.75 Å². The quantitative estimate of drug-likeness (QED) is 0.555. The van der Waals surface area contributed by atoms with Crippen molar-refractivity contribution in [3.05, 3.63) is 71.8 Å². The lowest BCUT2D eigenvalue weighted by Gasteiger charge is -2.24. The number of ether oxygens (including phenoxy) is 1. The standard InChI is InChI=1S/C22H25NO5/c1-15-7-11-18(12-8-15)23-22(27)28-21(17-9-13-19(24)14-10-17)16(2)5-3-4-6-20(25)26/h4,6-14,16,21,24H,3,5H2,1-2H3,(H,23,27)(H,25,26)/b6-4+/t16-,21+/m0/s1. The van der Waals surface area contributed by atoms with Gasteiger partial charge in [-0.1, -0.05) is 42.8 Å². The zero-order valence-corrected chi connectivity index (χ0v) is 16.0. The van der Waals surface area contributed by atoms with Crippen molar-refractivity contribution in [2.24, 2.45) is 5.92 Å². The van der Waals surface area contributed by atoms with Gasteiger partial charge < -0.3 is 14.9 Å². The van der Waals surface area contributed by atoms with Crippen LogP contribution in [0.15, 0.2) is 60.7 Å². The number of hydrogen-bond donors (Lipinski definition) is 3. The second-order valence-electron chi connectivity index (χ2n) is 6.70. The highest BCUT2D eigenvalue weighted by atomic mass is 16.6. The Kier molecular flexibility index (Phi) is 7.63. The first-order valence-corrected chi connectivity index (χ1v) is 9.08. The highest BCUT2D eigenvalue weighted by Crippen LogP contribution is 2.31. The number of rotatable bonds is 8. The van der Waals surface area contributed by atoms with Crippen molar-refractivity contribution in [1.82, 2.24) is 0 Å². The van der Waals surface area contributed by atoms with E-state index in [4.69, 9.17) is 9.84 Å². The third-order valence-corrected chi connectivity index (χ3v) is 4.32. The molecule has 0 aromatic heterocycles. The Hall–Kier alpha value is -3.28. The first-order valence-electron chi connectivity index (χ1n) is 9.08. The number of benzene rings is 2. The van der Waals surface area contributed by atoms with Gasteiger partial charge in [0.05, 0.1) is 0 Å². The van der Waals surface area contributed by atoms with Crippen LogP contribution in [0, 0.1) is 12.8 Å². The molecule has 0 aliphatic heterocycles. The van der Waals surface area contributed by atoms with E-state index in [1.165, 1.54) is 0 Å². The molecule has 0 saturated heterocycles. The number of aromatic hydroxyl groups is 1. The van der Waals surface area contributed by atoms with Crippen LogP contribution >= 0.6 is 0 Å². The number of carboxylic acid groups (broad SMARTS) is 1. The van der Waals surface area contributed by atoms with Crippen LogP contribution in [0.4, 0.5) is 10.5 Å². The number of carbonyl (C=O) groups excluding carboxylic acids is 1. The van der Waals surface area contributed by atoms with E-state index in [0.29, 0.717) is 18.5 Å². The summed E-state index contributed by atoms with van der Waals surface area (Å²) < 4.78 is 5.68. The molecule has 0 unspecified atom stereocenters. The maximum atomic E-state index is 12.4. The number of allylic oxidation sites excluding steroid dienone is 1. The maximum absolute atomic E-state index is 12.4. The predicted octanol–water partition coefficient (Wildman–Crippen LogP) is 5.05. The lowest BCUT2D eigenvalue weighted by Crippen LogP contribution is -2.22. The molecule has 3 N–H and O–H groups in total. The molecule has 0 fully saturated rings. The fraction of sp³-hybridized carbons (Fsp3) is 0.273. The second kappa shape index (κ2) is 10.2. The molecule has 0 radical (unpaired) electrons. The Labute approximate surface area is 164 Å². The molecule has 148 valence electrons. The maximum Gasteiger partial charge on any atom is 0.412 e. The Morgan fingerprint density at radius 3 is 2.36 bits per heavy atom. The largest absolute Gasteiger partial charge is 0.508 e. The minimum atomic E-state index is -0.989. The van der Waals surface area contributed by atoms with Crippen molar-refractivity contribution in [1.29, 1.82) is 0 Å². The SMILES string of the molecule is Cc1ccc(NC(=O)O[C@@H](c2ccc(O)cc2)[C@@H](C)CC/C=C/C(=O)O)cc1. The number of aryl methyl sites for hydroxylation is 1. The average molecular weight is 383 g/mol. The lowest BCUT2D eigenvalue weighted by atomic mass is 9.93. The fourth-order valence-corrected chi connectivity index (χ4v) is 2.77. The Morgan fingerprint density at radius 1 is 1.11 bits per heavy atom. The molecule has 0 aliphatic carbocycles. The minimum absolute atomic E-state index is 0.0632. The normalized spacial score (nSPS) is 13.1. The Bertz CT molecular complexity index is 812. The van der Waals surface area contributed by atoms with E-state index < -0.39 is 18.2 Å². The highest BCUT2D eigenvalue weighted by molar-refractivity contribution is 5.84. The summed E-state index contributed by atoms with van der Waals surface area (Å²) in [7, 11) is 0. The van der Waals surface area contributed by atoms with Crippen molar-refractivity contribution in [2.45, 2.75) is 32.8 Å². The molecule has 2 aromatic carbocycles. The first kappa shape index (κ1) is 21.0. The Morgan fingerprint density at radius 2 is 1.75 bits per heavy atom. The van der Waals surface area contributed by atoms with Gasteiger partial charge >= 0.3 is 12.1 Å². The molecule has 2 atom stereocenters. The number of amides is 1. The molecule has 0 bridgehead atoms. The minimum Gasteiger partial charge on any atom is -0.508 e. The zero-order chi connectivity index (χ0) is 20.5. The van der Waals surface area contributed by atoms with Crippen LogP contribution in [0.5, 0.6) is 5.75 Å². The first-order chi connectivity index (χ1) is 13.3. The van der Waals surface area contributed by atoms with E-state index >= 15 is 0 Å². The van der Waals surface area contributed by atoms with Crippen LogP contribution in [0.25, 0.3) is 0 Å². The van der Waals surface area contributed by atoms with E-state index in [-0.39, 0.29) is 11.7 Å². The number of hydrogen-bond acceptors (Lipinski definition) is 4. The summed E-state index contributed by atoms with van der Waals surface area (Å²) in [6.45, 7) is 3.90. The van der Waals surface area contributed by atoms with Crippen LogP contribution in [-0.4, -0.2) is 22.3 Å². The summed E-state index contributed by atoms with van der Waals surface area (Å²) >= 11 is 0. The number of carbonyl (C=O) groups is 2. The van der Waals surface area contributed by atoms with E-state index in [9.17, 15) is 14.7 Å². The molecule has 2 rings (SSSR count). The number of phenols is 1. The average Bonchev–Trinajstić information content (AvgIpc) is 2.66. The van der Waals surface area contributed by atoms with Gasteiger partial charge in [-0.25, -0.2) is 9.59 Å². The van der Waals surface area contributed by atoms with Gasteiger partial charge in [-0.05, 0) is 55.5 Å². The van der Waals surface area contributed by atoms with Gasteiger partial charge in [-0.2, -0.15) is 0 Å². The molecule has 2 aromatic rings. The van der Waals surface area contributed by atoms with Crippen LogP contribution in [-0.2, 0) is 9.53 Å². The third-order valence-electron chi connectivity index (χ3n) is 4.32. The van der Waals surface area contributed by atoms with Gasteiger partial charge in [-0.15, -0.1) is 0 Å². The molecule has 1 amide bonds. The molecular formula is C22H25NO5. The third kappa shape index (κ3) is 6.79. The van der Waals surface area contributed by atoms with E-state index in [2.05, 4.69) is 5.32 Å². The Balaban J connectivity index is 2.08. The monoisotopic (exact) mass is 383 g/mol. The van der Waals surface area contributed by atoms with Crippen molar-refractivity contribution in [3.63, 3.8) is 0 Å². The number of nitrogens with one attached hydrogen (secondary N) is 1. The van der Waals surface area contributed by atoms with Gasteiger partial charge in [0.25, 0.3) is 0 Å². The van der Waals surface area contributed by atoms with Crippen LogP contribution in [0.1, 0.15) is 37.0 Å². The van der Waals surface area contributed by atoms with Crippen LogP contribution in [0.3, 0.4) is 0 Å². The summed E-state index contributed by atoms with van der Waals surface area (Å²) in [6.07, 6.45) is 2.75. The van der Waals surface area contributed by atoms with E-state index in [1.54, 1.807) is 42.5 Å². The molecule has 0 heterocycles. The van der Waals surface area contributed by atoms with Crippen molar-refractivity contribution < 1.29 is 24.5 Å². The fourth-order valence-electron chi connectivity index (χ4n) is 2.77. The van der Waals surface area contributed by atoms with Gasteiger partial charge in [0, 0.05) is 11.8 Å². The summed E-state index contributed by atoms with van der Waals surface area (Å²) in [5.74, 6) is -0.924. The van der Waals surface area contributed by atoms with Crippen molar-refractivity contribution in [2.75, 3.05) is 5.32 Å². The molecule has 28 heavy (non-hydrogen) atoms. The molecule has 6 heteroatoms. The van der Waals surface area contributed by atoms with Gasteiger partial charge in [0.2, 0.25) is 0 Å². The predicted molar refractivity (Wildman–Crippen MR) is 107 cm³/mol. The molecule has 0 aliphatic rings. The number of anilines is 1. The summed E-state index contributed by atoms with van der Waals surface area (Å²) in [6, 6.07) is 13.9. The number of carboxylic acids is 1. The lowest BCUT2D eigenvalue weighted by molar-refractivity contribution is -0.131. The second-order valence-corrected chi connectivity index (χ2v) is 6.70. The highest BCUT2D eigenvalue weighted by Gasteiger charge is 2.23. The topological polar surface area (TPSA) is 95.9 Å². The van der Waals surface area contributed by atoms with Crippen LogP contribution in [0.2, 0.25) is 0 Å². The smallest absolute Gasteiger partial charge is 0.412 e. The van der Waals surface area contributed by atoms with Crippen molar-refractivity contribution >= 4 is 17.7 Å². The molecule has 0 saturated carbocycles. The van der Waals surface area contributed by atoms with Crippen LogP contribution < -0.4 is 5.32 Å². The summed E-state index contributed by atoms with van der Waals surface area (Å²) in [4.78, 5) is 23.0. The van der Waals surface area contributed by atoms with Gasteiger partial charge in [-0.3, -0.25) is 5.32 Å². The number of phenolic OH excluding ortho intramolecular Hbond substituents is 1. The summed E-state index contributed by atoms with van der Waals surface area (Å²) in [5, 5.41) is 20.9. The summed E-state index contributed by atoms with van der Waals surface area (Å²) in [5.41, 5.74) is 2.48. The molecule has 0 spiro atoms. The molecular weight excluding hydrogens is 358 g/mol. The van der Waals surface area contributed by atoms with Gasteiger partial charge in [0.1, 0.15) is 11.9 Å². The van der Waals surface area contributed by atoms with E-state index in [1.807, 2.05) is 26.0 Å². The number of aliphatic carboxylic acids is 1. The zero-order valence-electron chi connectivity index (χ0n) is 16.0. The molecule has 6 nitrogen and oxygen atoms in total. The van der Waals surface area contributed by atoms with E-state index in [0.717, 1.165) is 17.2 Å². The van der Waals surface area contributed by atoms with Gasteiger partial charge in [0.15, 0.2) is 0 Å².